The number of halogens is 4. The van der Waals surface area contributed by atoms with Crippen molar-refractivity contribution in [1.29, 1.82) is 0 Å². The van der Waals surface area contributed by atoms with Crippen molar-refractivity contribution in [2.45, 2.75) is 26.4 Å². The van der Waals surface area contributed by atoms with E-state index >= 15 is 0 Å². The summed E-state index contributed by atoms with van der Waals surface area (Å²) in [5.41, 5.74) is 1.71. The Hall–Kier alpha value is -3.10. The number of anilines is 2. The summed E-state index contributed by atoms with van der Waals surface area (Å²) < 4.78 is 50.8. The molecule has 0 fully saturated rings. The number of rotatable bonds is 7. The van der Waals surface area contributed by atoms with E-state index in [1.807, 2.05) is 19.1 Å². The van der Waals surface area contributed by atoms with Crippen molar-refractivity contribution in [2.75, 3.05) is 23.7 Å². The molecule has 0 saturated carbocycles. The zero-order valence-corrected chi connectivity index (χ0v) is 15.9. The number of amides is 2. The molecule has 0 aromatic heterocycles. The minimum Gasteiger partial charge on any atom is -0.376 e. The van der Waals surface area contributed by atoms with Gasteiger partial charge in [-0.05, 0) is 43.2 Å². The lowest BCUT2D eigenvalue weighted by atomic mass is 10.1. The van der Waals surface area contributed by atoms with Crippen molar-refractivity contribution in [3.05, 3.63) is 58.9 Å². The first-order valence-electron chi connectivity index (χ1n) is 8.87. The molecule has 0 atom stereocenters. The molecule has 2 aromatic rings. The maximum atomic E-state index is 14.1. The molecule has 156 valence electrons. The van der Waals surface area contributed by atoms with Crippen LogP contribution in [0.15, 0.2) is 36.4 Å². The lowest BCUT2D eigenvalue weighted by Gasteiger charge is -2.14. The van der Waals surface area contributed by atoms with Crippen LogP contribution in [-0.4, -0.2) is 31.1 Å². The Labute approximate surface area is 165 Å². The molecule has 2 rings (SSSR count). The van der Waals surface area contributed by atoms with E-state index in [2.05, 4.69) is 10.6 Å². The van der Waals surface area contributed by atoms with E-state index in [0.717, 1.165) is 18.1 Å². The van der Waals surface area contributed by atoms with Crippen molar-refractivity contribution in [3.8, 4) is 0 Å². The summed E-state index contributed by atoms with van der Waals surface area (Å²) >= 11 is 0. The average Bonchev–Trinajstić information content (AvgIpc) is 2.67. The molecule has 9 heteroatoms. The van der Waals surface area contributed by atoms with E-state index in [0.29, 0.717) is 5.69 Å². The lowest BCUT2D eigenvalue weighted by Crippen LogP contribution is -2.33. The third-order valence-electron chi connectivity index (χ3n) is 4.14. The second kappa shape index (κ2) is 9.40. The summed E-state index contributed by atoms with van der Waals surface area (Å²) in [4.78, 5) is 24.0. The second-order valence-corrected chi connectivity index (χ2v) is 6.38. The van der Waals surface area contributed by atoms with Gasteiger partial charge in [0.25, 0.3) is 5.91 Å². The molecule has 0 bridgehead atoms. The zero-order valence-electron chi connectivity index (χ0n) is 15.9. The van der Waals surface area contributed by atoms with Gasteiger partial charge in [-0.25, -0.2) is 4.39 Å². The quantitative estimate of drug-likeness (QED) is 0.603. The van der Waals surface area contributed by atoms with E-state index in [1.165, 1.54) is 13.0 Å². The van der Waals surface area contributed by atoms with Crippen LogP contribution in [-0.2, 0) is 11.2 Å². The molecule has 0 saturated heterocycles. The number of aryl methyl sites for hydroxylation is 1. The minimum absolute atomic E-state index is 0.137. The van der Waals surface area contributed by atoms with E-state index < -0.39 is 30.4 Å². The first-order valence-corrected chi connectivity index (χ1v) is 8.87. The van der Waals surface area contributed by atoms with Crippen molar-refractivity contribution < 1.29 is 27.2 Å². The summed E-state index contributed by atoms with van der Waals surface area (Å²) in [7, 11) is 0. The van der Waals surface area contributed by atoms with Crippen LogP contribution in [0.3, 0.4) is 0 Å². The van der Waals surface area contributed by atoms with Crippen molar-refractivity contribution in [3.63, 3.8) is 0 Å². The van der Waals surface area contributed by atoms with E-state index in [4.69, 9.17) is 0 Å². The number of alkyl halides is 3. The van der Waals surface area contributed by atoms with Crippen LogP contribution >= 0.6 is 0 Å². The molecule has 0 unspecified atom stereocenters. The number of nitrogens with one attached hydrogen (secondary N) is 3. The molecule has 0 aliphatic rings. The van der Waals surface area contributed by atoms with Crippen LogP contribution in [0.4, 0.5) is 28.9 Å². The Morgan fingerprint density at radius 2 is 1.72 bits per heavy atom. The van der Waals surface area contributed by atoms with Gasteiger partial charge in [-0.3, -0.25) is 9.59 Å². The van der Waals surface area contributed by atoms with Gasteiger partial charge in [0.2, 0.25) is 5.91 Å². The van der Waals surface area contributed by atoms with Gasteiger partial charge >= 0.3 is 6.18 Å². The Kier molecular flexibility index (Phi) is 7.19. The predicted octanol–water partition coefficient (Wildman–Crippen LogP) is 4.04. The van der Waals surface area contributed by atoms with Gasteiger partial charge in [-0.1, -0.05) is 19.1 Å². The lowest BCUT2D eigenvalue weighted by molar-refractivity contribution is -0.123. The van der Waals surface area contributed by atoms with Crippen LogP contribution in [0.5, 0.6) is 0 Å². The van der Waals surface area contributed by atoms with Gasteiger partial charge in [0.1, 0.15) is 12.4 Å². The third kappa shape index (κ3) is 6.78. The highest BCUT2D eigenvalue weighted by atomic mass is 19.4. The van der Waals surface area contributed by atoms with E-state index in [1.54, 1.807) is 17.4 Å². The average molecular weight is 411 g/mol. The first-order chi connectivity index (χ1) is 13.6. The van der Waals surface area contributed by atoms with Gasteiger partial charge in [-0.15, -0.1) is 0 Å². The maximum absolute atomic E-state index is 14.1. The summed E-state index contributed by atoms with van der Waals surface area (Å²) in [5.74, 6) is -2.24. The number of carbonyl (C=O) groups excluding carboxylic acids is 2. The second-order valence-electron chi connectivity index (χ2n) is 6.38. The molecule has 2 aromatic carbocycles. The van der Waals surface area contributed by atoms with Crippen LogP contribution in [0.1, 0.15) is 28.4 Å². The topological polar surface area (TPSA) is 70.2 Å². The molecule has 5 nitrogen and oxygen atoms in total. The molecule has 0 heterocycles. The number of hydrogen-bond donors (Lipinski definition) is 3. The van der Waals surface area contributed by atoms with Crippen molar-refractivity contribution in [1.82, 2.24) is 5.32 Å². The smallest absolute Gasteiger partial charge is 0.376 e. The summed E-state index contributed by atoms with van der Waals surface area (Å²) in [5, 5.41) is 7.06. The van der Waals surface area contributed by atoms with Gasteiger partial charge in [0.05, 0.1) is 6.54 Å². The fourth-order valence-electron chi connectivity index (χ4n) is 2.48. The molecule has 29 heavy (non-hydrogen) atoms. The highest BCUT2D eigenvalue weighted by Crippen LogP contribution is 2.21. The molecule has 3 N–H and O–H groups in total. The van der Waals surface area contributed by atoms with E-state index in [9.17, 15) is 27.2 Å². The molecule has 0 aliphatic heterocycles. The Balaban J connectivity index is 2.02. The predicted molar refractivity (Wildman–Crippen MR) is 102 cm³/mol. The van der Waals surface area contributed by atoms with Crippen LogP contribution in [0.25, 0.3) is 0 Å². The molecule has 0 radical (unpaired) electrons. The van der Waals surface area contributed by atoms with E-state index in [-0.39, 0.29) is 23.4 Å². The normalized spacial score (nSPS) is 11.1. The Bertz CT molecular complexity index is 881. The summed E-state index contributed by atoms with van der Waals surface area (Å²) in [6.07, 6.45) is -3.71. The molecular formula is C20H21F4N3O2. The SMILES string of the molecule is CCc1ccc(NC(=O)CNc2cc(C(=O)NCC(F)(F)F)cc(F)c2C)cc1. The maximum Gasteiger partial charge on any atom is 0.405 e. The Morgan fingerprint density at radius 3 is 2.31 bits per heavy atom. The fourth-order valence-corrected chi connectivity index (χ4v) is 2.48. The largest absolute Gasteiger partial charge is 0.405 e. The fraction of sp³-hybridized carbons (Fsp3) is 0.300. The molecular weight excluding hydrogens is 390 g/mol. The van der Waals surface area contributed by atoms with Crippen molar-refractivity contribution in [2.24, 2.45) is 0 Å². The van der Waals surface area contributed by atoms with Crippen LogP contribution in [0, 0.1) is 12.7 Å². The number of benzene rings is 2. The van der Waals surface area contributed by atoms with Gasteiger partial charge in [0, 0.05) is 22.5 Å². The first kappa shape index (κ1) is 22.2. The summed E-state index contributed by atoms with van der Waals surface area (Å²) in [6, 6.07) is 9.33. The third-order valence-corrected chi connectivity index (χ3v) is 4.14. The highest BCUT2D eigenvalue weighted by Gasteiger charge is 2.28. The van der Waals surface area contributed by atoms with Gasteiger partial charge in [-0.2, -0.15) is 13.2 Å². The number of hydrogen-bond acceptors (Lipinski definition) is 3. The monoisotopic (exact) mass is 411 g/mol. The zero-order chi connectivity index (χ0) is 21.6. The Morgan fingerprint density at radius 1 is 1.07 bits per heavy atom. The standard InChI is InChI=1S/C20H21F4N3O2/c1-3-13-4-6-15(7-5-13)27-18(28)10-25-17-9-14(8-16(21)12(17)2)19(29)26-11-20(22,23)24/h4-9,25H,3,10-11H2,1-2H3,(H,26,29)(H,27,28). The minimum atomic E-state index is -4.58. The molecule has 2 amide bonds. The van der Waals surface area contributed by atoms with Crippen LogP contribution in [0.2, 0.25) is 0 Å². The van der Waals surface area contributed by atoms with Crippen molar-refractivity contribution >= 4 is 23.2 Å². The number of carbonyl (C=O) groups is 2. The highest BCUT2D eigenvalue weighted by molar-refractivity contribution is 5.96. The van der Waals surface area contributed by atoms with Gasteiger partial charge < -0.3 is 16.0 Å². The molecule has 0 spiro atoms. The summed E-state index contributed by atoms with van der Waals surface area (Å²) in [6.45, 7) is 1.69. The molecule has 0 aliphatic carbocycles. The van der Waals surface area contributed by atoms with Gasteiger partial charge in [0.15, 0.2) is 0 Å². The van der Waals surface area contributed by atoms with Crippen LogP contribution < -0.4 is 16.0 Å².